The maximum absolute atomic E-state index is 13.2. The molecule has 0 amide bonds. The van der Waals surface area contributed by atoms with Crippen molar-refractivity contribution in [3.63, 3.8) is 0 Å². The van der Waals surface area contributed by atoms with E-state index in [-0.39, 0.29) is 30.5 Å². The molecule has 0 saturated heterocycles. The molecule has 0 N–H and O–H groups in total. The van der Waals surface area contributed by atoms with Gasteiger partial charge in [0.25, 0.3) is 0 Å². The van der Waals surface area contributed by atoms with Crippen LogP contribution in [0.3, 0.4) is 0 Å². The van der Waals surface area contributed by atoms with Crippen molar-refractivity contribution in [2.75, 3.05) is 0 Å². The average molecular weight is 415 g/mol. The van der Waals surface area contributed by atoms with Gasteiger partial charge in [0.15, 0.2) is 11.5 Å². The molecule has 0 bridgehead atoms. The van der Waals surface area contributed by atoms with E-state index in [9.17, 15) is 14.4 Å². The largest absolute Gasteiger partial charge is 0.487 e. The monoisotopic (exact) mass is 414 g/mol. The Morgan fingerprint density at radius 2 is 1.63 bits per heavy atom. The van der Waals surface area contributed by atoms with Crippen LogP contribution in [-0.2, 0) is 14.4 Å². The molecule has 0 aliphatic heterocycles. The fourth-order valence-corrected chi connectivity index (χ4v) is 4.61. The molecule has 1 aromatic carbocycles. The highest BCUT2D eigenvalue weighted by Crippen LogP contribution is 2.40. The molecule has 5 heteroatoms. The second-order valence-electron chi connectivity index (χ2n) is 8.84. The lowest BCUT2D eigenvalue weighted by Gasteiger charge is -2.33. The number of rotatable bonds is 7. The molecule has 164 valence electrons. The summed E-state index contributed by atoms with van der Waals surface area (Å²) in [7, 11) is 0. The quantitative estimate of drug-likeness (QED) is 0.331. The lowest BCUT2D eigenvalue weighted by atomic mass is 9.70. The van der Waals surface area contributed by atoms with E-state index in [1.54, 1.807) is 12.1 Å². The van der Waals surface area contributed by atoms with Crippen LogP contribution in [0, 0.1) is 5.41 Å². The molecule has 0 heterocycles. The number of carbonyl (C=O) groups is 3. The van der Waals surface area contributed by atoms with Crippen molar-refractivity contribution >= 4 is 17.5 Å². The Morgan fingerprint density at radius 3 is 2.30 bits per heavy atom. The van der Waals surface area contributed by atoms with E-state index < -0.39 is 11.4 Å². The number of ketones is 2. The number of ether oxygens (including phenoxy) is 2. The molecule has 5 nitrogen and oxygen atoms in total. The van der Waals surface area contributed by atoms with Crippen LogP contribution in [0.4, 0.5) is 0 Å². The molecule has 0 radical (unpaired) electrons. The van der Waals surface area contributed by atoms with E-state index in [1.807, 2.05) is 12.1 Å². The summed E-state index contributed by atoms with van der Waals surface area (Å²) in [6.07, 6.45) is 11.0. The summed E-state index contributed by atoms with van der Waals surface area (Å²) < 4.78 is 12.0. The summed E-state index contributed by atoms with van der Waals surface area (Å²) in [6, 6.07) is 7.22. The first-order valence-electron chi connectivity index (χ1n) is 11.5. The van der Waals surface area contributed by atoms with E-state index in [4.69, 9.17) is 9.47 Å². The van der Waals surface area contributed by atoms with E-state index in [2.05, 4.69) is 0 Å². The predicted molar refractivity (Wildman–Crippen MR) is 115 cm³/mol. The van der Waals surface area contributed by atoms with E-state index in [1.165, 1.54) is 26.2 Å². The minimum absolute atomic E-state index is 0.0198. The lowest BCUT2D eigenvalue weighted by Crippen LogP contribution is -2.44. The zero-order valence-electron chi connectivity index (χ0n) is 18.1. The smallest absolute Gasteiger partial charge is 0.325 e. The third-order valence-corrected chi connectivity index (χ3v) is 6.48. The van der Waals surface area contributed by atoms with Gasteiger partial charge in [-0.3, -0.25) is 9.59 Å². The van der Waals surface area contributed by atoms with Crippen molar-refractivity contribution in [2.24, 2.45) is 5.41 Å². The zero-order valence-corrected chi connectivity index (χ0v) is 18.1. The van der Waals surface area contributed by atoms with Crippen molar-refractivity contribution in [1.29, 1.82) is 0 Å². The van der Waals surface area contributed by atoms with Gasteiger partial charge in [0.1, 0.15) is 17.0 Å². The Bertz CT molecular complexity index is 748. The first-order chi connectivity index (χ1) is 14.5. The third kappa shape index (κ3) is 5.71. The molecule has 3 rings (SSSR count). The van der Waals surface area contributed by atoms with Gasteiger partial charge in [-0.25, -0.2) is 0 Å². The van der Waals surface area contributed by atoms with Crippen LogP contribution in [0.15, 0.2) is 24.3 Å². The van der Waals surface area contributed by atoms with E-state index >= 15 is 0 Å². The van der Waals surface area contributed by atoms with Crippen LogP contribution >= 0.6 is 0 Å². The molecule has 1 unspecified atom stereocenters. The van der Waals surface area contributed by atoms with Crippen LogP contribution < -0.4 is 9.47 Å². The zero-order chi connectivity index (χ0) is 21.4. The van der Waals surface area contributed by atoms with Gasteiger partial charge in [0, 0.05) is 12.8 Å². The topological polar surface area (TPSA) is 69.7 Å². The highest BCUT2D eigenvalue weighted by molar-refractivity contribution is 6.05. The van der Waals surface area contributed by atoms with Gasteiger partial charge in [0.05, 0.1) is 6.10 Å². The molecule has 0 aromatic heterocycles. The second-order valence-corrected chi connectivity index (χ2v) is 8.84. The normalized spacial score (nSPS) is 23.3. The molecule has 2 aliphatic carbocycles. The Labute approximate surface area is 179 Å². The van der Waals surface area contributed by atoms with Gasteiger partial charge in [-0.1, -0.05) is 37.8 Å². The van der Waals surface area contributed by atoms with Crippen molar-refractivity contribution in [3.8, 4) is 11.5 Å². The molecule has 0 spiro atoms. The highest BCUT2D eigenvalue weighted by Gasteiger charge is 2.48. The number of para-hydroxylation sites is 2. The van der Waals surface area contributed by atoms with Crippen LogP contribution in [-0.4, -0.2) is 23.6 Å². The predicted octanol–water partition coefficient (Wildman–Crippen LogP) is 5.58. The Kier molecular flexibility index (Phi) is 8.06. The summed E-state index contributed by atoms with van der Waals surface area (Å²) in [5.41, 5.74) is -1.21. The number of hydrogen-bond acceptors (Lipinski definition) is 5. The first-order valence-corrected chi connectivity index (χ1v) is 11.5. The number of carbonyl (C=O) groups excluding carboxylic acids is 3. The molecule has 1 aromatic rings. The average Bonchev–Trinajstić information content (AvgIpc) is 2.70. The van der Waals surface area contributed by atoms with Crippen LogP contribution in [0.2, 0.25) is 0 Å². The van der Waals surface area contributed by atoms with Crippen molar-refractivity contribution < 1.29 is 23.9 Å². The first kappa shape index (κ1) is 22.5. The van der Waals surface area contributed by atoms with E-state index in [0.29, 0.717) is 24.3 Å². The Morgan fingerprint density at radius 1 is 0.967 bits per heavy atom. The molecule has 2 fully saturated rings. The van der Waals surface area contributed by atoms with Gasteiger partial charge in [-0.2, -0.15) is 0 Å². The Balaban J connectivity index is 1.76. The maximum atomic E-state index is 13.2. The van der Waals surface area contributed by atoms with E-state index in [0.717, 1.165) is 38.5 Å². The van der Waals surface area contributed by atoms with Gasteiger partial charge < -0.3 is 14.3 Å². The summed E-state index contributed by atoms with van der Waals surface area (Å²) in [6.45, 7) is 1.49. The SMILES string of the molecule is CC(=O)CCC1(C(=O)Oc2ccccc2OC2CCCCCCC2)CCCCC1=O. The minimum atomic E-state index is -1.21. The fourth-order valence-electron chi connectivity index (χ4n) is 4.61. The fraction of sp³-hybridized carbons (Fsp3) is 0.640. The third-order valence-electron chi connectivity index (χ3n) is 6.48. The lowest BCUT2D eigenvalue weighted by molar-refractivity contribution is -0.155. The molecular formula is C25H34O5. The summed E-state index contributed by atoms with van der Waals surface area (Å²) >= 11 is 0. The number of esters is 1. The Hall–Kier alpha value is -2.17. The number of hydrogen-bond donors (Lipinski definition) is 0. The molecule has 2 aliphatic rings. The standard InChI is InChI=1S/C25H34O5/c1-19(26)16-18-25(17-10-9-15-23(25)27)24(28)30-22-14-8-7-13-21(22)29-20-11-5-3-2-4-6-12-20/h7-8,13-14,20H,2-6,9-12,15-18H2,1H3. The van der Waals surface area contributed by atoms with Gasteiger partial charge in [-0.05, 0) is 64.0 Å². The number of Topliss-reactive ketones (excluding diaryl/α,β-unsaturated/α-hetero) is 2. The molecular weight excluding hydrogens is 380 g/mol. The maximum Gasteiger partial charge on any atom is 0.325 e. The van der Waals surface area contributed by atoms with Gasteiger partial charge in [-0.15, -0.1) is 0 Å². The second kappa shape index (κ2) is 10.7. The van der Waals surface area contributed by atoms with Crippen LogP contribution in [0.5, 0.6) is 11.5 Å². The molecule has 30 heavy (non-hydrogen) atoms. The van der Waals surface area contributed by atoms with Crippen molar-refractivity contribution in [2.45, 2.75) is 96.5 Å². The summed E-state index contributed by atoms with van der Waals surface area (Å²) in [5, 5.41) is 0. The van der Waals surface area contributed by atoms with Crippen LogP contribution in [0.1, 0.15) is 90.4 Å². The summed E-state index contributed by atoms with van der Waals surface area (Å²) in [4.78, 5) is 37.6. The molecule has 2 saturated carbocycles. The highest BCUT2D eigenvalue weighted by atomic mass is 16.6. The van der Waals surface area contributed by atoms with Gasteiger partial charge in [0.2, 0.25) is 0 Å². The van der Waals surface area contributed by atoms with Crippen molar-refractivity contribution in [1.82, 2.24) is 0 Å². The van der Waals surface area contributed by atoms with Crippen molar-refractivity contribution in [3.05, 3.63) is 24.3 Å². The number of benzene rings is 1. The van der Waals surface area contributed by atoms with Crippen LogP contribution in [0.25, 0.3) is 0 Å². The molecule has 1 atom stereocenters. The summed E-state index contributed by atoms with van der Waals surface area (Å²) in [5.74, 6) is 0.265. The minimum Gasteiger partial charge on any atom is -0.487 e. The van der Waals surface area contributed by atoms with Gasteiger partial charge >= 0.3 is 5.97 Å².